The topological polar surface area (TPSA) is 75.9 Å². The lowest BCUT2D eigenvalue weighted by Gasteiger charge is -2.16. The summed E-state index contributed by atoms with van der Waals surface area (Å²) in [5.41, 5.74) is 0.740. The molecule has 2 rings (SSSR count). The van der Waals surface area contributed by atoms with Gasteiger partial charge in [-0.05, 0) is 6.42 Å². The molecule has 0 spiro atoms. The van der Waals surface area contributed by atoms with E-state index in [2.05, 4.69) is 10.3 Å². The number of nitrogens with one attached hydrogen (secondary N) is 1. The highest BCUT2D eigenvalue weighted by Gasteiger charge is 2.13. The van der Waals surface area contributed by atoms with Crippen molar-refractivity contribution in [2.75, 3.05) is 20.3 Å². The first-order valence-electron chi connectivity index (χ1n) is 6.03. The van der Waals surface area contributed by atoms with Gasteiger partial charge in [0.25, 0.3) is 0 Å². The molecule has 7 heteroatoms. The number of hydrogen-bond donors (Lipinski definition) is 2. The van der Waals surface area contributed by atoms with Crippen molar-refractivity contribution in [3.8, 4) is 0 Å². The molecule has 2 heterocycles. The quantitative estimate of drug-likeness (QED) is 0.773. The number of nitrogens with zero attached hydrogens (tertiary/aromatic N) is 2. The van der Waals surface area contributed by atoms with Gasteiger partial charge in [-0.3, -0.25) is 9.20 Å². The molecule has 1 unspecified atom stereocenters. The van der Waals surface area contributed by atoms with Crippen LogP contribution in [0.2, 0.25) is 0 Å². The first-order chi connectivity index (χ1) is 9.22. The van der Waals surface area contributed by atoms with Gasteiger partial charge in [0.15, 0.2) is 4.96 Å². The summed E-state index contributed by atoms with van der Waals surface area (Å²) in [6.45, 7) is 0.416. The largest absolute Gasteiger partial charge is 0.396 e. The number of aliphatic hydroxyl groups excluding tert-OH is 1. The molecule has 0 aromatic carbocycles. The van der Waals surface area contributed by atoms with Crippen LogP contribution in [0, 0.1) is 0 Å². The molecule has 19 heavy (non-hydrogen) atoms. The zero-order chi connectivity index (χ0) is 13.7. The van der Waals surface area contributed by atoms with Crippen molar-refractivity contribution < 1.29 is 14.6 Å². The number of hydrogen-bond acceptors (Lipinski definition) is 5. The Balaban J connectivity index is 1.90. The van der Waals surface area contributed by atoms with Crippen LogP contribution in [0.1, 0.15) is 12.1 Å². The predicted octanol–water partition coefficient (Wildman–Crippen LogP) is 0.452. The molecule has 0 fully saturated rings. The average Bonchev–Trinajstić information content (AvgIpc) is 2.90. The van der Waals surface area contributed by atoms with E-state index >= 15 is 0 Å². The lowest BCUT2D eigenvalue weighted by molar-refractivity contribution is -0.121. The molecule has 2 aromatic heterocycles. The third kappa shape index (κ3) is 3.76. The molecule has 0 bridgehead atoms. The number of ether oxygens (including phenoxy) is 1. The van der Waals surface area contributed by atoms with Gasteiger partial charge in [0.1, 0.15) is 0 Å². The summed E-state index contributed by atoms with van der Waals surface area (Å²) >= 11 is 1.53. The minimum atomic E-state index is -0.161. The summed E-state index contributed by atoms with van der Waals surface area (Å²) in [6.07, 6.45) is 4.48. The molecule has 6 nitrogen and oxygen atoms in total. The van der Waals surface area contributed by atoms with Crippen molar-refractivity contribution in [3.63, 3.8) is 0 Å². The van der Waals surface area contributed by atoms with Crippen LogP contribution in [0.3, 0.4) is 0 Å². The second kappa shape index (κ2) is 6.65. The van der Waals surface area contributed by atoms with Crippen LogP contribution < -0.4 is 5.32 Å². The Bertz CT molecular complexity index is 503. The zero-order valence-corrected chi connectivity index (χ0v) is 11.5. The van der Waals surface area contributed by atoms with Crippen molar-refractivity contribution in [2.45, 2.75) is 18.9 Å². The normalized spacial score (nSPS) is 12.7. The van der Waals surface area contributed by atoms with E-state index in [1.807, 2.05) is 22.2 Å². The maximum Gasteiger partial charge on any atom is 0.226 e. The lowest BCUT2D eigenvalue weighted by atomic mass is 10.2. The van der Waals surface area contributed by atoms with E-state index in [1.165, 1.54) is 11.3 Å². The molecule has 0 aliphatic carbocycles. The van der Waals surface area contributed by atoms with E-state index in [0.717, 1.165) is 10.7 Å². The maximum atomic E-state index is 11.9. The summed E-state index contributed by atoms with van der Waals surface area (Å²) in [7, 11) is 1.57. The van der Waals surface area contributed by atoms with E-state index in [1.54, 1.807) is 7.11 Å². The third-order valence-corrected chi connectivity index (χ3v) is 3.47. The highest BCUT2D eigenvalue weighted by molar-refractivity contribution is 7.15. The minimum absolute atomic E-state index is 0.0223. The van der Waals surface area contributed by atoms with Gasteiger partial charge in [0, 0.05) is 31.5 Å². The molecule has 1 amide bonds. The van der Waals surface area contributed by atoms with Gasteiger partial charge in [-0.15, -0.1) is 11.3 Å². The van der Waals surface area contributed by atoms with E-state index in [9.17, 15) is 4.79 Å². The van der Waals surface area contributed by atoms with Crippen LogP contribution in [0.25, 0.3) is 4.96 Å². The molecule has 0 saturated heterocycles. The fraction of sp³-hybridized carbons (Fsp3) is 0.500. The summed E-state index contributed by atoms with van der Waals surface area (Å²) in [5, 5.41) is 13.7. The monoisotopic (exact) mass is 283 g/mol. The van der Waals surface area contributed by atoms with Crippen molar-refractivity contribution in [2.24, 2.45) is 0 Å². The molecule has 2 aromatic rings. The highest BCUT2D eigenvalue weighted by Crippen LogP contribution is 2.11. The Morgan fingerprint density at radius 3 is 3.21 bits per heavy atom. The van der Waals surface area contributed by atoms with E-state index in [4.69, 9.17) is 9.84 Å². The smallest absolute Gasteiger partial charge is 0.226 e. The molecule has 1 atom stereocenters. The first kappa shape index (κ1) is 14.0. The molecule has 0 aliphatic heterocycles. The summed E-state index contributed by atoms with van der Waals surface area (Å²) in [6, 6.07) is -0.161. The van der Waals surface area contributed by atoms with Gasteiger partial charge in [-0.1, -0.05) is 0 Å². The van der Waals surface area contributed by atoms with Crippen LogP contribution in [-0.4, -0.2) is 46.8 Å². The summed E-state index contributed by atoms with van der Waals surface area (Å²) in [5.74, 6) is -0.110. The van der Waals surface area contributed by atoms with Gasteiger partial charge in [-0.2, -0.15) is 0 Å². The second-order valence-corrected chi connectivity index (χ2v) is 5.11. The SMILES string of the molecule is COCC(CCO)NC(=O)Cc1cn2ccsc2n1. The van der Waals surface area contributed by atoms with Crippen LogP contribution in [0.5, 0.6) is 0 Å². The van der Waals surface area contributed by atoms with Gasteiger partial charge in [0.2, 0.25) is 5.91 Å². The number of carbonyl (C=O) groups is 1. The molecule has 104 valence electrons. The number of aliphatic hydroxyl groups is 1. The molecule has 2 N–H and O–H groups in total. The summed E-state index contributed by atoms with van der Waals surface area (Å²) < 4.78 is 6.90. The minimum Gasteiger partial charge on any atom is -0.396 e. The van der Waals surface area contributed by atoms with Crippen LogP contribution in [0.4, 0.5) is 0 Å². The van der Waals surface area contributed by atoms with Crippen LogP contribution in [-0.2, 0) is 16.0 Å². The molecular formula is C12H17N3O3S. The zero-order valence-electron chi connectivity index (χ0n) is 10.7. The fourth-order valence-corrected chi connectivity index (χ4v) is 2.58. The number of amides is 1. The number of carbonyl (C=O) groups excluding carboxylic acids is 1. The third-order valence-electron chi connectivity index (χ3n) is 2.70. The van der Waals surface area contributed by atoms with Gasteiger partial charge in [0.05, 0.1) is 24.8 Å². The van der Waals surface area contributed by atoms with Crippen molar-refractivity contribution >= 4 is 22.2 Å². The van der Waals surface area contributed by atoms with Gasteiger partial charge < -0.3 is 15.2 Å². The Hall–Kier alpha value is -1.44. The van der Waals surface area contributed by atoms with Crippen LogP contribution >= 0.6 is 11.3 Å². The van der Waals surface area contributed by atoms with Crippen molar-refractivity contribution in [1.82, 2.24) is 14.7 Å². The number of aromatic nitrogens is 2. The maximum absolute atomic E-state index is 11.9. The Morgan fingerprint density at radius 2 is 2.53 bits per heavy atom. The Kier molecular flexibility index (Phi) is 4.89. The first-order valence-corrected chi connectivity index (χ1v) is 6.91. The van der Waals surface area contributed by atoms with Crippen molar-refractivity contribution in [3.05, 3.63) is 23.5 Å². The predicted molar refractivity (Wildman–Crippen MR) is 72.3 cm³/mol. The molecule has 0 aliphatic rings. The molecule has 0 radical (unpaired) electrons. The highest BCUT2D eigenvalue weighted by atomic mass is 32.1. The molecule has 0 saturated carbocycles. The average molecular weight is 283 g/mol. The van der Waals surface area contributed by atoms with Gasteiger partial charge >= 0.3 is 0 Å². The molecular weight excluding hydrogens is 266 g/mol. The van der Waals surface area contributed by atoms with Crippen molar-refractivity contribution in [1.29, 1.82) is 0 Å². The Morgan fingerprint density at radius 1 is 1.68 bits per heavy atom. The number of imidazole rings is 1. The lowest BCUT2D eigenvalue weighted by Crippen LogP contribution is -2.39. The standard InChI is InChI=1S/C12H17N3O3S/c1-18-8-9(2-4-16)13-11(17)6-10-7-15-3-5-19-12(15)14-10/h3,5,7,9,16H,2,4,6,8H2,1H3,(H,13,17). The van der Waals surface area contributed by atoms with Gasteiger partial charge in [-0.25, -0.2) is 4.98 Å². The fourth-order valence-electron chi connectivity index (χ4n) is 1.86. The second-order valence-electron chi connectivity index (χ2n) is 4.23. The number of methoxy groups -OCH3 is 1. The van der Waals surface area contributed by atoms with E-state index in [-0.39, 0.29) is 25.0 Å². The van der Waals surface area contributed by atoms with E-state index < -0.39 is 0 Å². The number of fused-ring (bicyclic) bond motifs is 1. The number of thiazole rings is 1. The van der Waals surface area contributed by atoms with E-state index in [0.29, 0.717) is 13.0 Å². The Labute approximate surface area is 115 Å². The van der Waals surface area contributed by atoms with Crippen LogP contribution in [0.15, 0.2) is 17.8 Å². The number of rotatable bonds is 7. The summed E-state index contributed by atoms with van der Waals surface area (Å²) in [4.78, 5) is 17.1.